The molecule has 1 aromatic rings. The number of nitrogens with zero attached hydrogens (tertiary/aromatic N) is 4. The number of nitriles is 1. The second-order valence-corrected chi connectivity index (χ2v) is 6.33. The highest BCUT2D eigenvalue weighted by molar-refractivity contribution is 6.30. The Labute approximate surface area is 124 Å². The van der Waals surface area contributed by atoms with Gasteiger partial charge in [0.25, 0.3) is 0 Å². The summed E-state index contributed by atoms with van der Waals surface area (Å²) in [6, 6.07) is 2.14. The van der Waals surface area contributed by atoms with Crippen molar-refractivity contribution in [1.29, 1.82) is 5.26 Å². The van der Waals surface area contributed by atoms with Crippen molar-refractivity contribution in [2.24, 2.45) is 0 Å². The van der Waals surface area contributed by atoms with E-state index in [4.69, 9.17) is 21.6 Å². The lowest BCUT2D eigenvalue weighted by molar-refractivity contribution is 0.0760. The maximum Gasteiger partial charge on any atom is 0.161 e. The summed E-state index contributed by atoms with van der Waals surface area (Å²) in [6.45, 7) is 9.79. The van der Waals surface area contributed by atoms with Gasteiger partial charge in [-0.25, -0.2) is 9.97 Å². The van der Waals surface area contributed by atoms with Crippen molar-refractivity contribution in [1.82, 2.24) is 9.97 Å². The van der Waals surface area contributed by atoms with Crippen LogP contribution in [0.2, 0.25) is 5.15 Å². The highest BCUT2D eigenvalue weighted by Gasteiger charge is 2.26. The normalized spacial score (nSPS) is 19.8. The highest BCUT2D eigenvalue weighted by Crippen LogP contribution is 2.29. The third kappa shape index (κ3) is 3.02. The Hall–Kier alpha value is -1.38. The summed E-state index contributed by atoms with van der Waals surface area (Å²) in [5.41, 5.74) is 0.672. The van der Waals surface area contributed by atoms with E-state index in [0.29, 0.717) is 30.7 Å². The van der Waals surface area contributed by atoms with Crippen LogP contribution in [0.3, 0.4) is 0 Å². The van der Waals surface area contributed by atoms with Gasteiger partial charge in [-0.1, -0.05) is 32.4 Å². The molecule has 5 nitrogen and oxygen atoms in total. The molecule has 1 aliphatic rings. The molecule has 1 aromatic heterocycles. The van der Waals surface area contributed by atoms with Crippen molar-refractivity contribution in [3.8, 4) is 6.07 Å². The second kappa shape index (κ2) is 5.55. The van der Waals surface area contributed by atoms with Gasteiger partial charge in [0.05, 0.1) is 19.2 Å². The lowest BCUT2D eigenvalue weighted by Crippen LogP contribution is -2.43. The number of rotatable bonds is 1. The number of ether oxygens (including phenoxy) is 1. The molecule has 0 saturated carbocycles. The summed E-state index contributed by atoms with van der Waals surface area (Å²) in [7, 11) is 0. The Bertz CT molecular complexity index is 547. The van der Waals surface area contributed by atoms with Gasteiger partial charge in [0.2, 0.25) is 0 Å². The van der Waals surface area contributed by atoms with E-state index in [0.717, 1.165) is 11.4 Å². The van der Waals surface area contributed by atoms with Crippen LogP contribution in [0.5, 0.6) is 0 Å². The maximum absolute atomic E-state index is 9.00. The monoisotopic (exact) mass is 294 g/mol. The third-order valence-corrected chi connectivity index (χ3v) is 3.61. The van der Waals surface area contributed by atoms with Gasteiger partial charge in [0.15, 0.2) is 6.10 Å². The summed E-state index contributed by atoms with van der Waals surface area (Å²) < 4.78 is 5.37. The first-order valence-corrected chi connectivity index (χ1v) is 7.01. The van der Waals surface area contributed by atoms with Crippen LogP contribution in [0.15, 0.2) is 0 Å². The van der Waals surface area contributed by atoms with E-state index in [-0.39, 0.29) is 5.41 Å². The molecule has 1 unspecified atom stereocenters. The van der Waals surface area contributed by atoms with Crippen LogP contribution in [0.4, 0.5) is 5.82 Å². The zero-order valence-corrected chi connectivity index (χ0v) is 13.0. The number of hydrogen-bond donors (Lipinski definition) is 0. The Morgan fingerprint density at radius 2 is 2.10 bits per heavy atom. The van der Waals surface area contributed by atoms with Gasteiger partial charge in [0.1, 0.15) is 16.8 Å². The van der Waals surface area contributed by atoms with Crippen LogP contribution < -0.4 is 4.90 Å². The molecule has 20 heavy (non-hydrogen) atoms. The Balaban J connectivity index is 2.40. The molecule has 0 radical (unpaired) electrons. The van der Waals surface area contributed by atoms with E-state index < -0.39 is 6.10 Å². The molecular formula is C14H19ClN4O. The van der Waals surface area contributed by atoms with Gasteiger partial charge >= 0.3 is 0 Å². The number of halogens is 1. The zero-order chi connectivity index (χ0) is 14.9. The molecule has 0 aliphatic carbocycles. The van der Waals surface area contributed by atoms with E-state index in [2.05, 4.69) is 41.7 Å². The summed E-state index contributed by atoms with van der Waals surface area (Å²) in [5, 5.41) is 9.48. The predicted molar refractivity (Wildman–Crippen MR) is 78.0 cm³/mol. The number of morpholine rings is 1. The first kappa shape index (κ1) is 15.0. The maximum atomic E-state index is 9.00. The largest absolute Gasteiger partial charge is 0.360 e. The highest BCUT2D eigenvalue weighted by atomic mass is 35.5. The van der Waals surface area contributed by atoms with E-state index in [1.807, 2.05) is 6.92 Å². The SMILES string of the molecule is Cc1c(Cl)nc(C(C)(C)C)nc1N1CCOC(C#N)C1. The molecule has 0 N–H and O–H groups in total. The molecule has 6 heteroatoms. The number of anilines is 1. The zero-order valence-electron chi connectivity index (χ0n) is 12.3. The van der Waals surface area contributed by atoms with Crippen LogP contribution in [-0.4, -0.2) is 35.8 Å². The van der Waals surface area contributed by atoms with Crippen molar-refractivity contribution >= 4 is 17.4 Å². The molecule has 1 aliphatic heterocycles. The van der Waals surface area contributed by atoms with Crippen LogP contribution in [-0.2, 0) is 10.2 Å². The average Bonchev–Trinajstić information content (AvgIpc) is 2.40. The lowest BCUT2D eigenvalue weighted by atomic mass is 9.95. The van der Waals surface area contributed by atoms with Crippen molar-refractivity contribution in [2.45, 2.75) is 39.2 Å². The second-order valence-electron chi connectivity index (χ2n) is 5.97. The number of aromatic nitrogens is 2. The fourth-order valence-corrected chi connectivity index (χ4v) is 2.21. The Kier molecular flexibility index (Phi) is 4.17. The van der Waals surface area contributed by atoms with Crippen LogP contribution in [0.25, 0.3) is 0 Å². The molecule has 2 rings (SSSR count). The van der Waals surface area contributed by atoms with E-state index in [1.165, 1.54) is 0 Å². The molecule has 1 atom stereocenters. The van der Waals surface area contributed by atoms with Gasteiger partial charge in [-0.05, 0) is 6.92 Å². The molecule has 1 saturated heterocycles. The Morgan fingerprint density at radius 3 is 2.70 bits per heavy atom. The minimum atomic E-state index is -0.421. The predicted octanol–water partition coefficient (Wildman–Crippen LogP) is 2.46. The molecule has 0 spiro atoms. The van der Waals surface area contributed by atoms with Crippen molar-refractivity contribution < 1.29 is 4.74 Å². The third-order valence-electron chi connectivity index (χ3n) is 3.24. The smallest absolute Gasteiger partial charge is 0.161 e. The minimum absolute atomic E-state index is 0.174. The molecule has 108 valence electrons. The first-order valence-electron chi connectivity index (χ1n) is 6.63. The fourth-order valence-electron chi connectivity index (χ4n) is 2.04. The van der Waals surface area contributed by atoms with E-state index >= 15 is 0 Å². The quantitative estimate of drug-likeness (QED) is 0.745. The van der Waals surface area contributed by atoms with Crippen molar-refractivity contribution in [2.75, 3.05) is 24.6 Å². The lowest BCUT2D eigenvalue weighted by Gasteiger charge is -2.32. The van der Waals surface area contributed by atoms with Gasteiger partial charge in [-0.3, -0.25) is 0 Å². The van der Waals surface area contributed by atoms with Gasteiger partial charge in [-0.15, -0.1) is 0 Å². The number of hydrogen-bond acceptors (Lipinski definition) is 5. The average molecular weight is 295 g/mol. The standard InChI is InChI=1S/C14H19ClN4O/c1-9-11(15)17-13(14(2,3)4)18-12(9)19-5-6-20-10(7-16)8-19/h10H,5-6,8H2,1-4H3. The fraction of sp³-hybridized carbons (Fsp3) is 0.643. The minimum Gasteiger partial charge on any atom is -0.360 e. The molecule has 1 fully saturated rings. The summed E-state index contributed by atoms with van der Waals surface area (Å²) in [4.78, 5) is 11.1. The topological polar surface area (TPSA) is 62.0 Å². The molecule has 0 bridgehead atoms. The van der Waals surface area contributed by atoms with Gasteiger partial charge in [-0.2, -0.15) is 5.26 Å². The van der Waals surface area contributed by atoms with Crippen LogP contribution in [0, 0.1) is 18.3 Å². The molecule has 0 aromatic carbocycles. The summed E-state index contributed by atoms with van der Waals surface area (Å²) in [5.74, 6) is 1.52. The van der Waals surface area contributed by atoms with Gasteiger partial charge in [0, 0.05) is 17.5 Å². The van der Waals surface area contributed by atoms with Crippen LogP contribution in [0.1, 0.15) is 32.2 Å². The van der Waals surface area contributed by atoms with E-state index in [1.54, 1.807) is 0 Å². The Morgan fingerprint density at radius 1 is 1.40 bits per heavy atom. The molecular weight excluding hydrogens is 276 g/mol. The first-order chi connectivity index (χ1) is 9.32. The van der Waals surface area contributed by atoms with Crippen molar-refractivity contribution in [3.63, 3.8) is 0 Å². The van der Waals surface area contributed by atoms with E-state index in [9.17, 15) is 0 Å². The van der Waals surface area contributed by atoms with Crippen molar-refractivity contribution in [3.05, 3.63) is 16.5 Å². The summed E-state index contributed by atoms with van der Waals surface area (Å²) in [6.07, 6.45) is -0.421. The molecule has 0 amide bonds. The van der Waals surface area contributed by atoms with Crippen LogP contribution >= 0.6 is 11.6 Å². The summed E-state index contributed by atoms with van der Waals surface area (Å²) >= 11 is 6.24. The van der Waals surface area contributed by atoms with Gasteiger partial charge < -0.3 is 9.64 Å². The molecule has 2 heterocycles.